The van der Waals surface area contributed by atoms with Crippen LogP contribution in [0.1, 0.15) is 22.4 Å². The van der Waals surface area contributed by atoms with E-state index in [1.807, 2.05) is 37.8 Å². The number of aromatic nitrogens is 2. The van der Waals surface area contributed by atoms with E-state index in [0.717, 1.165) is 41.5 Å². The van der Waals surface area contributed by atoms with Crippen LogP contribution in [-0.4, -0.2) is 53.6 Å². The predicted molar refractivity (Wildman–Crippen MR) is 102 cm³/mol. The number of carbonyl (C=O) groups excluding carboxylic acids is 1. The lowest BCUT2D eigenvalue weighted by molar-refractivity contribution is -0.133. The van der Waals surface area contributed by atoms with E-state index in [4.69, 9.17) is 4.74 Å². The maximum atomic E-state index is 12.5. The molecule has 26 heavy (non-hydrogen) atoms. The number of hydrogen-bond acceptors (Lipinski definition) is 5. The van der Waals surface area contributed by atoms with Crippen LogP contribution >= 0.6 is 0 Å². The third-order valence-corrected chi connectivity index (χ3v) is 4.96. The van der Waals surface area contributed by atoms with Gasteiger partial charge in [-0.25, -0.2) is 9.97 Å². The van der Waals surface area contributed by atoms with E-state index in [1.165, 1.54) is 5.56 Å². The Morgan fingerprint density at radius 3 is 2.42 bits per heavy atom. The summed E-state index contributed by atoms with van der Waals surface area (Å²) in [5.74, 6) is 1.78. The quantitative estimate of drug-likeness (QED) is 0.844. The van der Waals surface area contributed by atoms with E-state index >= 15 is 0 Å². The first-order chi connectivity index (χ1) is 12.5. The van der Waals surface area contributed by atoms with Gasteiger partial charge in [-0.2, -0.15) is 0 Å². The second-order valence-electron chi connectivity index (χ2n) is 6.83. The zero-order chi connectivity index (χ0) is 18.7. The van der Waals surface area contributed by atoms with Crippen molar-refractivity contribution in [2.24, 2.45) is 0 Å². The third-order valence-electron chi connectivity index (χ3n) is 4.96. The van der Waals surface area contributed by atoms with Gasteiger partial charge in [0.25, 0.3) is 5.91 Å². The van der Waals surface area contributed by atoms with Gasteiger partial charge in [0.05, 0.1) is 0 Å². The standard InChI is InChI=1S/C20H26N4O2/c1-14-5-6-15(2)20(17(14)4)26-12-19(25)24-9-7-23(8-10-24)18-11-16(3)21-13-22-18/h5-6,11,13H,7-10,12H2,1-4H3. The van der Waals surface area contributed by atoms with Crippen LogP contribution in [-0.2, 0) is 4.79 Å². The lowest BCUT2D eigenvalue weighted by Crippen LogP contribution is -2.50. The molecule has 0 aliphatic carbocycles. The van der Waals surface area contributed by atoms with Crippen LogP contribution in [0.25, 0.3) is 0 Å². The van der Waals surface area contributed by atoms with Crippen LogP contribution in [0, 0.1) is 27.7 Å². The molecule has 1 amide bonds. The predicted octanol–water partition coefficient (Wildman–Crippen LogP) is 2.44. The molecule has 138 valence electrons. The average molecular weight is 354 g/mol. The van der Waals surface area contributed by atoms with E-state index in [9.17, 15) is 4.79 Å². The van der Waals surface area contributed by atoms with Crippen molar-refractivity contribution >= 4 is 11.7 Å². The maximum Gasteiger partial charge on any atom is 0.260 e. The van der Waals surface area contributed by atoms with Gasteiger partial charge in [0.15, 0.2) is 6.61 Å². The molecule has 6 nitrogen and oxygen atoms in total. The second kappa shape index (κ2) is 7.72. The van der Waals surface area contributed by atoms with Gasteiger partial charge in [0, 0.05) is 37.9 Å². The zero-order valence-corrected chi connectivity index (χ0v) is 16.0. The van der Waals surface area contributed by atoms with Gasteiger partial charge in [-0.05, 0) is 44.4 Å². The Balaban J connectivity index is 1.55. The number of ether oxygens (including phenoxy) is 1. The summed E-state index contributed by atoms with van der Waals surface area (Å²) in [6, 6.07) is 6.09. The molecule has 2 aromatic rings. The molecular weight excluding hydrogens is 328 g/mol. The summed E-state index contributed by atoms with van der Waals surface area (Å²) in [6.07, 6.45) is 1.59. The van der Waals surface area contributed by atoms with Crippen LogP contribution in [0.4, 0.5) is 5.82 Å². The summed E-state index contributed by atoms with van der Waals surface area (Å²) in [6.45, 7) is 11.0. The Hall–Kier alpha value is -2.63. The minimum absolute atomic E-state index is 0.0313. The number of benzene rings is 1. The molecule has 3 rings (SSSR count). The fourth-order valence-corrected chi connectivity index (χ4v) is 3.17. The summed E-state index contributed by atoms with van der Waals surface area (Å²) < 4.78 is 5.87. The largest absolute Gasteiger partial charge is 0.483 e. The van der Waals surface area contributed by atoms with E-state index in [2.05, 4.69) is 27.9 Å². The molecular formula is C20H26N4O2. The van der Waals surface area contributed by atoms with Gasteiger partial charge < -0.3 is 14.5 Å². The number of rotatable bonds is 4. The van der Waals surface area contributed by atoms with Crippen molar-refractivity contribution < 1.29 is 9.53 Å². The molecule has 2 heterocycles. The average Bonchev–Trinajstić information content (AvgIpc) is 2.65. The van der Waals surface area contributed by atoms with Crippen molar-refractivity contribution in [3.05, 3.63) is 46.9 Å². The van der Waals surface area contributed by atoms with Gasteiger partial charge in [-0.1, -0.05) is 12.1 Å². The molecule has 1 aromatic heterocycles. The van der Waals surface area contributed by atoms with Crippen LogP contribution in [0.3, 0.4) is 0 Å². The highest BCUT2D eigenvalue weighted by Crippen LogP contribution is 2.25. The normalized spacial score (nSPS) is 14.5. The number of piperazine rings is 1. The van der Waals surface area contributed by atoms with Crippen LogP contribution in [0.2, 0.25) is 0 Å². The van der Waals surface area contributed by atoms with Gasteiger partial charge >= 0.3 is 0 Å². The Labute approximate surface area is 154 Å². The molecule has 0 unspecified atom stereocenters. The number of carbonyl (C=O) groups is 1. The van der Waals surface area contributed by atoms with Gasteiger partial charge in [0.2, 0.25) is 0 Å². The van der Waals surface area contributed by atoms with Crippen molar-refractivity contribution in [1.82, 2.24) is 14.9 Å². The lowest BCUT2D eigenvalue weighted by atomic mass is 10.1. The summed E-state index contributed by atoms with van der Waals surface area (Å²) >= 11 is 0. The van der Waals surface area contributed by atoms with Crippen LogP contribution in [0.15, 0.2) is 24.5 Å². The fraction of sp³-hybridized carbons (Fsp3) is 0.450. The monoisotopic (exact) mass is 354 g/mol. The Kier molecular flexibility index (Phi) is 5.40. The lowest BCUT2D eigenvalue weighted by Gasteiger charge is -2.35. The summed E-state index contributed by atoms with van der Waals surface area (Å²) in [5.41, 5.74) is 4.28. The number of aryl methyl sites for hydroxylation is 3. The van der Waals surface area contributed by atoms with E-state index in [-0.39, 0.29) is 12.5 Å². The zero-order valence-electron chi connectivity index (χ0n) is 16.0. The highest BCUT2D eigenvalue weighted by molar-refractivity contribution is 5.78. The summed E-state index contributed by atoms with van der Waals surface area (Å²) in [7, 11) is 0. The van der Waals surface area contributed by atoms with Gasteiger partial charge in [-0.15, -0.1) is 0 Å². The molecule has 1 fully saturated rings. The Morgan fingerprint density at radius 2 is 1.73 bits per heavy atom. The molecule has 0 spiro atoms. The van der Waals surface area contributed by atoms with Crippen molar-refractivity contribution in [3.8, 4) is 5.75 Å². The number of nitrogens with zero attached hydrogens (tertiary/aromatic N) is 4. The smallest absolute Gasteiger partial charge is 0.260 e. The maximum absolute atomic E-state index is 12.5. The van der Waals surface area contributed by atoms with Gasteiger partial charge in [0.1, 0.15) is 17.9 Å². The summed E-state index contributed by atoms with van der Waals surface area (Å²) in [5, 5.41) is 0. The van der Waals surface area contributed by atoms with E-state index < -0.39 is 0 Å². The second-order valence-corrected chi connectivity index (χ2v) is 6.83. The highest BCUT2D eigenvalue weighted by atomic mass is 16.5. The van der Waals surface area contributed by atoms with Crippen LogP contribution in [0.5, 0.6) is 5.75 Å². The fourth-order valence-electron chi connectivity index (χ4n) is 3.17. The first-order valence-electron chi connectivity index (χ1n) is 8.96. The van der Waals surface area contributed by atoms with E-state index in [1.54, 1.807) is 6.33 Å². The number of hydrogen-bond donors (Lipinski definition) is 0. The van der Waals surface area contributed by atoms with E-state index in [0.29, 0.717) is 13.1 Å². The molecule has 0 atom stereocenters. The molecule has 0 radical (unpaired) electrons. The molecule has 1 aliphatic heterocycles. The summed E-state index contributed by atoms with van der Waals surface area (Å²) in [4.78, 5) is 25.0. The van der Waals surface area contributed by atoms with Gasteiger partial charge in [-0.3, -0.25) is 4.79 Å². The molecule has 0 N–H and O–H groups in total. The molecule has 0 bridgehead atoms. The molecule has 1 saturated heterocycles. The first-order valence-corrected chi connectivity index (χ1v) is 8.96. The topological polar surface area (TPSA) is 58.6 Å². The third kappa shape index (κ3) is 3.95. The van der Waals surface area contributed by atoms with Crippen molar-refractivity contribution in [2.75, 3.05) is 37.7 Å². The molecule has 6 heteroatoms. The highest BCUT2D eigenvalue weighted by Gasteiger charge is 2.22. The SMILES string of the molecule is Cc1cc(N2CCN(C(=O)COc3c(C)ccc(C)c3C)CC2)ncn1. The van der Waals surface area contributed by atoms with Crippen molar-refractivity contribution in [2.45, 2.75) is 27.7 Å². The molecule has 0 saturated carbocycles. The minimum atomic E-state index is 0.0313. The van der Waals surface area contributed by atoms with Crippen molar-refractivity contribution in [3.63, 3.8) is 0 Å². The number of amides is 1. The molecule has 1 aliphatic rings. The number of anilines is 1. The van der Waals surface area contributed by atoms with Crippen molar-refractivity contribution in [1.29, 1.82) is 0 Å². The Bertz CT molecular complexity index is 798. The minimum Gasteiger partial charge on any atom is -0.483 e. The first kappa shape index (κ1) is 18.2. The van der Waals surface area contributed by atoms with Crippen LogP contribution < -0.4 is 9.64 Å². The Morgan fingerprint density at radius 1 is 1.04 bits per heavy atom. The molecule has 1 aromatic carbocycles.